The van der Waals surface area contributed by atoms with E-state index >= 15 is 0 Å². The molecule has 86 valence electrons. The second-order valence-corrected chi connectivity index (χ2v) is 3.86. The maximum atomic E-state index is 12.8. The fourth-order valence-corrected chi connectivity index (χ4v) is 1.80. The van der Waals surface area contributed by atoms with Crippen LogP contribution in [0, 0.1) is 5.82 Å². The fourth-order valence-electron chi connectivity index (χ4n) is 1.80. The topological polar surface area (TPSA) is 61.0 Å². The number of hydrogen-bond acceptors (Lipinski definition) is 4. The number of aromatic nitrogens is 2. The van der Waals surface area contributed by atoms with E-state index in [2.05, 4.69) is 9.97 Å². The summed E-state index contributed by atoms with van der Waals surface area (Å²) in [7, 11) is 0. The van der Waals surface area contributed by atoms with Crippen LogP contribution in [0.3, 0.4) is 0 Å². The highest BCUT2D eigenvalue weighted by atomic mass is 19.1. The third kappa shape index (κ3) is 1.74. The number of nitrogens with zero attached hydrogens (tertiary/aromatic N) is 2. The molecule has 3 rings (SSSR count). The Morgan fingerprint density at radius 2 is 1.88 bits per heavy atom. The van der Waals surface area contributed by atoms with Crippen LogP contribution >= 0.6 is 0 Å². The molecule has 0 fully saturated rings. The van der Waals surface area contributed by atoms with Gasteiger partial charge in [-0.15, -0.1) is 0 Å². The molecule has 0 saturated heterocycles. The van der Waals surface area contributed by atoms with Crippen LogP contribution < -0.4 is 5.73 Å². The molecule has 17 heavy (non-hydrogen) atoms. The standard InChI is InChI=1S/C12H10FN3O/c13-8-3-1-7(2-4-8)12-15-10-6-17-5-9(10)11(14)16-12/h1-4H,5-6H2,(H2,14,15,16). The minimum Gasteiger partial charge on any atom is -0.383 e. The molecule has 0 bridgehead atoms. The zero-order valence-electron chi connectivity index (χ0n) is 8.98. The minimum absolute atomic E-state index is 0.286. The molecule has 1 aliphatic heterocycles. The van der Waals surface area contributed by atoms with Gasteiger partial charge in [-0.05, 0) is 24.3 Å². The second kappa shape index (κ2) is 3.78. The number of halogens is 1. The fraction of sp³-hybridized carbons (Fsp3) is 0.167. The van der Waals surface area contributed by atoms with Crippen LogP contribution in [-0.4, -0.2) is 9.97 Å². The summed E-state index contributed by atoms with van der Waals surface area (Å²) in [5.74, 6) is 0.657. The molecule has 0 saturated carbocycles. The zero-order valence-corrected chi connectivity index (χ0v) is 8.98. The Morgan fingerprint density at radius 1 is 1.12 bits per heavy atom. The van der Waals surface area contributed by atoms with Crippen molar-refractivity contribution >= 4 is 5.82 Å². The number of rotatable bonds is 1. The van der Waals surface area contributed by atoms with Gasteiger partial charge in [0.2, 0.25) is 0 Å². The molecule has 5 heteroatoms. The van der Waals surface area contributed by atoms with E-state index < -0.39 is 0 Å². The Bertz CT molecular complexity index is 569. The van der Waals surface area contributed by atoms with Crippen molar-refractivity contribution in [3.63, 3.8) is 0 Å². The van der Waals surface area contributed by atoms with Gasteiger partial charge in [0.1, 0.15) is 11.6 Å². The molecule has 0 amide bonds. The molecule has 2 aromatic rings. The normalized spacial score (nSPS) is 13.7. The molecule has 1 aromatic heterocycles. The number of fused-ring (bicyclic) bond motifs is 1. The van der Waals surface area contributed by atoms with Gasteiger partial charge >= 0.3 is 0 Å². The predicted octanol–water partition coefficient (Wildman–Crippen LogP) is 1.90. The van der Waals surface area contributed by atoms with E-state index in [0.29, 0.717) is 24.9 Å². The summed E-state index contributed by atoms with van der Waals surface area (Å²) in [6.07, 6.45) is 0. The summed E-state index contributed by atoms with van der Waals surface area (Å²) >= 11 is 0. The molecule has 0 unspecified atom stereocenters. The molecule has 1 aromatic carbocycles. The third-order valence-corrected chi connectivity index (χ3v) is 2.71. The van der Waals surface area contributed by atoms with Crippen molar-refractivity contribution in [2.24, 2.45) is 0 Å². The molecule has 0 aliphatic carbocycles. The quantitative estimate of drug-likeness (QED) is 0.814. The molecular weight excluding hydrogens is 221 g/mol. The van der Waals surface area contributed by atoms with Crippen LogP contribution in [0.2, 0.25) is 0 Å². The average Bonchev–Trinajstić information content (AvgIpc) is 2.78. The third-order valence-electron chi connectivity index (χ3n) is 2.71. The van der Waals surface area contributed by atoms with Gasteiger partial charge in [0.25, 0.3) is 0 Å². The van der Waals surface area contributed by atoms with Crippen molar-refractivity contribution < 1.29 is 9.13 Å². The second-order valence-electron chi connectivity index (χ2n) is 3.86. The Labute approximate surface area is 97.3 Å². The first-order chi connectivity index (χ1) is 8.24. The highest BCUT2D eigenvalue weighted by Crippen LogP contribution is 2.25. The lowest BCUT2D eigenvalue weighted by Gasteiger charge is -2.05. The van der Waals surface area contributed by atoms with Crippen LogP contribution in [0.4, 0.5) is 10.2 Å². The van der Waals surface area contributed by atoms with Crippen molar-refractivity contribution in [1.29, 1.82) is 0 Å². The van der Waals surface area contributed by atoms with E-state index in [1.54, 1.807) is 12.1 Å². The summed E-state index contributed by atoms with van der Waals surface area (Å²) in [5.41, 5.74) is 8.25. The Morgan fingerprint density at radius 3 is 2.65 bits per heavy atom. The van der Waals surface area contributed by atoms with Gasteiger partial charge in [0.05, 0.1) is 18.9 Å². The van der Waals surface area contributed by atoms with E-state index in [1.807, 2.05) is 0 Å². The van der Waals surface area contributed by atoms with Crippen molar-refractivity contribution in [3.05, 3.63) is 41.3 Å². The summed E-state index contributed by atoms with van der Waals surface area (Å²) in [6.45, 7) is 0.918. The number of ether oxygens (including phenoxy) is 1. The molecule has 1 aliphatic rings. The van der Waals surface area contributed by atoms with Crippen LogP contribution in [0.1, 0.15) is 11.3 Å². The maximum absolute atomic E-state index is 12.8. The van der Waals surface area contributed by atoms with E-state index in [9.17, 15) is 4.39 Å². The number of nitrogens with two attached hydrogens (primary N) is 1. The molecule has 0 spiro atoms. The molecule has 4 nitrogen and oxygen atoms in total. The van der Waals surface area contributed by atoms with Crippen LogP contribution in [0.25, 0.3) is 11.4 Å². The lowest BCUT2D eigenvalue weighted by molar-refractivity contribution is 0.133. The largest absolute Gasteiger partial charge is 0.383 e. The average molecular weight is 231 g/mol. The van der Waals surface area contributed by atoms with Crippen molar-refractivity contribution in [3.8, 4) is 11.4 Å². The summed E-state index contributed by atoms with van der Waals surface area (Å²) in [4.78, 5) is 8.58. The first-order valence-electron chi connectivity index (χ1n) is 5.23. The van der Waals surface area contributed by atoms with Gasteiger partial charge in [-0.2, -0.15) is 0 Å². The van der Waals surface area contributed by atoms with Crippen molar-refractivity contribution in [1.82, 2.24) is 9.97 Å². The number of benzene rings is 1. The van der Waals surface area contributed by atoms with Gasteiger partial charge < -0.3 is 10.5 Å². The van der Waals surface area contributed by atoms with Gasteiger partial charge in [0.15, 0.2) is 5.82 Å². The van der Waals surface area contributed by atoms with E-state index in [4.69, 9.17) is 10.5 Å². The van der Waals surface area contributed by atoms with Gasteiger partial charge in [0, 0.05) is 11.1 Å². The molecule has 2 heterocycles. The van der Waals surface area contributed by atoms with E-state index in [-0.39, 0.29) is 5.82 Å². The molecular formula is C12H10FN3O. The summed E-state index contributed by atoms with van der Waals surface area (Å²) in [6, 6.07) is 6.01. The lowest BCUT2D eigenvalue weighted by atomic mass is 10.2. The smallest absolute Gasteiger partial charge is 0.161 e. The summed E-state index contributed by atoms with van der Waals surface area (Å²) in [5, 5.41) is 0. The van der Waals surface area contributed by atoms with E-state index in [1.165, 1.54) is 12.1 Å². The number of nitrogen functional groups attached to an aromatic ring is 1. The Kier molecular flexibility index (Phi) is 2.26. The first-order valence-corrected chi connectivity index (χ1v) is 5.23. The van der Waals surface area contributed by atoms with Crippen LogP contribution in [0.5, 0.6) is 0 Å². The summed E-state index contributed by atoms with van der Waals surface area (Å²) < 4.78 is 18.1. The maximum Gasteiger partial charge on any atom is 0.161 e. The highest BCUT2D eigenvalue weighted by Gasteiger charge is 2.18. The minimum atomic E-state index is -0.286. The lowest BCUT2D eigenvalue weighted by Crippen LogP contribution is -2.02. The van der Waals surface area contributed by atoms with Crippen molar-refractivity contribution in [2.45, 2.75) is 13.2 Å². The Hall–Kier alpha value is -2.01. The highest BCUT2D eigenvalue weighted by molar-refractivity contribution is 5.59. The van der Waals surface area contributed by atoms with Gasteiger partial charge in [-0.1, -0.05) is 0 Å². The van der Waals surface area contributed by atoms with Crippen molar-refractivity contribution in [2.75, 3.05) is 5.73 Å². The van der Waals surface area contributed by atoms with Gasteiger partial charge in [-0.25, -0.2) is 14.4 Å². The van der Waals surface area contributed by atoms with Crippen LogP contribution in [-0.2, 0) is 18.0 Å². The molecule has 2 N–H and O–H groups in total. The Balaban J connectivity index is 2.10. The van der Waals surface area contributed by atoms with E-state index in [0.717, 1.165) is 16.8 Å². The molecule has 0 atom stereocenters. The predicted molar refractivity (Wildman–Crippen MR) is 60.3 cm³/mol. The first kappa shape index (κ1) is 10.2. The SMILES string of the molecule is Nc1nc(-c2ccc(F)cc2)nc2c1COC2. The zero-order chi connectivity index (χ0) is 11.8. The monoisotopic (exact) mass is 231 g/mol. The van der Waals surface area contributed by atoms with Crippen LogP contribution in [0.15, 0.2) is 24.3 Å². The number of anilines is 1. The molecule has 0 radical (unpaired) electrons. The number of hydrogen-bond donors (Lipinski definition) is 1. The van der Waals surface area contributed by atoms with Gasteiger partial charge in [-0.3, -0.25) is 0 Å².